The molecule has 0 radical (unpaired) electrons. The first-order valence-corrected chi connectivity index (χ1v) is 9.40. The molecule has 0 atom stereocenters. The second kappa shape index (κ2) is 9.26. The number of hydrogen-bond acceptors (Lipinski definition) is 3. The van der Waals surface area contributed by atoms with Crippen molar-refractivity contribution in [2.75, 3.05) is 45.9 Å². The van der Waals surface area contributed by atoms with Gasteiger partial charge in [0.15, 0.2) is 0 Å². The highest BCUT2D eigenvalue weighted by Crippen LogP contribution is 2.27. The fraction of sp³-hybridized carbons (Fsp3) is 0.632. The third kappa shape index (κ3) is 6.66. The summed E-state index contributed by atoms with van der Waals surface area (Å²) in [6.07, 6.45) is -3.73. The fourth-order valence-corrected chi connectivity index (χ4v) is 3.26. The number of amides is 1. The zero-order chi connectivity index (χ0) is 20.1. The van der Waals surface area contributed by atoms with E-state index in [-0.39, 0.29) is 12.5 Å². The molecule has 0 aliphatic carbocycles. The van der Waals surface area contributed by atoms with Crippen LogP contribution >= 0.6 is 11.6 Å². The second-order valence-corrected chi connectivity index (χ2v) is 7.72. The van der Waals surface area contributed by atoms with Gasteiger partial charge in [-0.05, 0) is 38.0 Å². The third-order valence-electron chi connectivity index (χ3n) is 4.79. The molecule has 1 amide bonds. The molecule has 152 valence electrons. The Morgan fingerprint density at radius 2 is 1.70 bits per heavy atom. The Balaban J connectivity index is 1.76. The standard InChI is InChI=1S/C19H26ClF3N2O2/c1-18(2,15-4-6-16(20)7-5-15)17(26)25-11-9-24(10-12-25)8-3-13-27-14-19(21,22)23/h4-7H,3,8-14H2,1-2H3. The molecule has 1 aromatic carbocycles. The van der Waals surface area contributed by atoms with Gasteiger partial charge in [-0.2, -0.15) is 13.2 Å². The molecule has 27 heavy (non-hydrogen) atoms. The number of ether oxygens (including phenoxy) is 1. The lowest BCUT2D eigenvalue weighted by molar-refractivity contribution is -0.174. The lowest BCUT2D eigenvalue weighted by Gasteiger charge is -2.38. The molecule has 0 saturated carbocycles. The Kier molecular flexibility index (Phi) is 7.54. The van der Waals surface area contributed by atoms with E-state index >= 15 is 0 Å². The smallest absolute Gasteiger partial charge is 0.372 e. The highest BCUT2D eigenvalue weighted by atomic mass is 35.5. The number of alkyl halides is 3. The number of carbonyl (C=O) groups excluding carboxylic acids is 1. The van der Waals surface area contributed by atoms with Crippen molar-refractivity contribution < 1.29 is 22.7 Å². The van der Waals surface area contributed by atoms with Gasteiger partial charge in [0.05, 0.1) is 5.41 Å². The molecular weight excluding hydrogens is 381 g/mol. The van der Waals surface area contributed by atoms with Crippen molar-refractivity contribution in [1.29, 1.82) is 0 Å². The first kappa shape index (κ1) is 22.0. The maximum Gasteiger partial charge on any atom is 0.411 e. The Bertz CT molecular complexity index is 612. The Morgan fingerprint density at radius 3 is 2.26 bits per heavy atom. The average molecular weight is 407 g/mol. The van der Waals surface area contributed by atoms with Crippen molar-refractivity contribution in [2.45, 2.75) is 31.9 Å². The number of carbonyl (C=O) groups is 1. The summed E-state index contributed by atoms with van der Waals surface area (Å²) in [5.74, 6) is 0.0676. The molecule has 1 heterocycles. The largest absolute Gasteiger partial charge is 0.411 e. The van der Waals surface area contributed by atoms with E-state index in [1.165, 1.54) is 0 Å². The van der Waals surface area contributed by atoms with Gasteiger partial charge < -0.3 is 9.64 Å². The van der Waals surface area contributed by atoms with Gasteiger partial charge in [-0.3, -0.25) is 9.69 Å². The Morgan fingerprint density at radius 1 is 1.11 bits per heavy atom. The predicted octanol–water partition coefficient (Wildman–Crippen LogP) is 3.73. The van der Waals surface area contributed by atoms with Crippen LogP contribution in [0.2, 0.25) is 5.02 Å². The van der Waals surface area contributed by atoms with Gasteiger partial charge in [-0.15, -0.1) is 0 Å². The van der Waals surface area contributed by atoms with Crippen LogP contribution in [0.3, 0.4) is 0 Å². The van der Waals surface area contributed by atoms with Crippen LogP contribution in [0, 0.1) is 0 Å². The number of nitrogens with zero attached hydrogens (tertiary/aromatic N) is 2. The summed E-state index contributed by atoms with van der Waals surface area (Å²) in [6.45, 7) is 6.01. The normalized spacial score (nSPS) is 16.6. The van der Waals surface area contributed by atoms with Crippen molar-refractivity contribution in [3.05, 3.63) is 34.9 Å². The molecule has 4 nitrogen and oxygen atoms in total. The van der Waals surface area contributed by atoms with Gasteiger partial charge in [0, 0.05) is 44.4 Å². The van der Waals surface area contributed by atoms with Gasteiger partial charge >= 0.3 is 6.18 Å². The van der Waals surface area contributed by atoms with E-state index in [1.807, 2.05) is 30.9 Å². The van der Waals surface area contributed by atoms with Crippen molar-refractivity contribution in [2.24, 2.45) is 0 Å². The minimum Gasteiger partial charge on any atom is -0.372 e. The maximum absolute atomic E-state index is 13.0. The fourth-order valence-electron chi connectivity index (χ4n) is 3.14. The van der Waals surface area contributed by atoms with Gasteiger partial charge in [0.25, 0.3) is 0 Å². The van der Waals surface area contributed by atoms with Crippen LogP contribution in [0.25, 0.3) is 0 Å². The van der Waals surface area contributed by atoms with Crippen LogP contribution in [-0.2, 0) is 14.9 Å². The van der Waals surface area contributed by atoms with Crippen LogP contribution in [0.15, 0.2) is 24.3 Å². The molecule has 1 saturated heterocycles. The Labute approximate surface area is 163 Å². The summed E-state index contributed by atoms with van der Waals surface area (Å²) in [7, 11) is 0. The predicted molar refractivity (Wildman–Crippen MR) is 99.0 cm³/mol. The number of piperazine rings is 1. The number of hydrogen-bond donors (Lipinski definition) is 0. The molecular formula is C19H26ClF3N2O2. The maximum atomic E-state index is 13.0. The van der Waals surface area contributed by atoms with E-state index in [4.69, 9.17) is 11.6 Å². The van der Waals surface area contributed by atoms with Crippen LogP contribution < -0.4 is 0 Å². The third-order valence-corrected chi connectivity index (χ3v) is 5.04. The SMILES string of the molecule is CC(C)(C(=O)N1CCN(CCCOCC(F)(F)F)CC1)c1ccc(Cl)cc1. The van der Waals surface area contributed by atoms with E-state index < -0.39 is 18.2 Å². The molecule has 0 spiro atoms. The van der Waals surface area contributed by atoms with Crippen LogP contribution in [0.5, 0.6) is 0 Å². The summed E-state index contributed by atoms with van der Waals surface area (Å²) in [6, 6.07) is 7.31. The lowest BCUT2D eigenvalue weighted by Crippen LogP contribution is -2.53. The van der Waals surface area contributed by atoms with E-state index in [0.717, 1.165) is 5.56 Å². The quantitative estimate of drug-likeness (QED) is 0.647. The van der Waals surface area contributed by atoms with Crippen LogP contribution in [0.4, 0.5) is 13.2 Å². The molecule has 1 fully saturated rings. The van der Waals surface area contributed by atoms with Crippen molar-refractivity contribution in [3.63, 3.8) is 0 Å². The van der Waals surface area contributed by atoms with Crippen LogP contribution in [-0.4, -0.2) is 67.8 Å². The zero-order valence-electron chi connectivity index (χ0n) is 15.7. The molecule has 1 aliphatic heterocycles. The molecule has 1 aromatic rings. The topological polar surface area (TPSA) is 32.8 Å². The summed E-state index contributed by atoms with van der Waals surface area (Å²) in [5, 5.41) is 0.634. The van der Waals surface area contributed by atoms with Crippen molar-refractivity contribution in [1.82, 2.24) is 9.80 Å². The lowest BCUT2D eigenvalue weighted by atomic mass is 9.83. The molecule has 1 aliphatic rings. The first-order valence-electron chi connectivity index (χ1n) is 9.02. The van der Waals surface area contributed by atoms with E-state index in [0.29, 0.717) is 44.2 Å². The highest BCUT2D eigenvalue weighted by molar-refractivity contribution is 6.30. The Hall–Kier alpha value is -1.31. The molecule has 0 bridgehead atoms. The van der Waals surface area contributed by atoms with E-state index in [2.05, 4.69) is 9.64 Å². The van der Waals surface area contributed by atoms with Gasteiger partial charge in [0.1, 0.15) is 6.61 Å². The molecule has 8 heteroatoms. The summed E-state index contributed by atoms with van der Waals surface area (Å²) < 4.78 is 40.7. The summed E-state index contributed by atoms with van der Waals surface area (Å²) in [4.78, 5) is 17.0. The van der Waals surface area contributed by atoms with Crippen LogP contribution in [0.1, 0.15) is 25.8 Å². The van der Waals surface area contributed by atoms with Gasteiger partial charge in [-0.25, -0.2) is 0 Å². The minimum absolute atomic E-state index is 0.0676. The average Bonchev–Trinajstić information content (AvgIpc) is 2.61. The molecule has 0 N–H and O–H groups in total. The zero-order valence-corrected chi connectivity index (χ0v) is 16.4. The van der Waals surface area contributed by atoms with E-state index in [1.54, 1.807) is 12.1 Å². The first-order chi connectivity index (χ1) is 12.6. The number of rotatable bonds is 7. The summed E-state index contributed by atoms with van der Waals surface area (Å²) in [5.41, 5.74) is 0.277. The van der Waals surface area contributed by atoms with Crippen molar-refractivity contribution in [3.8, 4) is 0 Å². The number of halogens is 4. The number of benzene rings is 1. The monoisotopic (exact) mass is 406 g/mol. The minimum atomic E-state index is -4.27. The van der Waals surface area contributed by atoms with Crippen molar-refractivity contribution >= 4 is 17.5 Å². The van der Waals surface area contributed by atoms with E-state index in [9.17, 15) is 18.0 Å². The second-order valence-electron chi connectivity index (χ2n) is 7.29. The highest BCUT2D eigenvalue weighted by Gasteiger charge is 2.35. The van der Waals surface area contributed by atoms with Gasteiger partial charge in [-0.1, -0.05) is 23.7 Å². The molecule has 0 aromatic heterocycles. The van der Waals surface area contributed by atoms with Gasteiger partial charge in [0.2, 0.25) is 5.91 Å². The molecule has 0 unspecified atom stereocenters. The molecule has 2 rings (SSSR count). The summed E-state index contributed by atoms with van der Waals surface area (Å²) >= 11 is 5.92.